The molecule has 0 unspecified atom stereocenters. The van der Waals surface area contributed by atoms with Crippen LogP contribution in [-0.4, -0.2) is 49.9 Å². The van der Waals surface area contributed by atoms with Crippen LogP contribution in [0.15, 0.2) is 30.5 Å². The quantitative estimate of drug-likeness (QED) is 0.739. The number of amides is 2. The van der Waals surface area contributed by atoms with Crippen molar-refractivity contribution in [3.05, 3.63) is 41.9 Å². The molecular formula is C21H22N6O2. The molecule has 2 amide bonds. The van der Waals surface area contributed by atoms with Crippen molar-refractivity contribution in [2.75, 3.05) is 18.9 Å². The number of likely N-dealkylation sites (tertiary alicyclic amines) is 1. The van der Waals surface area contributed by atoms with Crippen LogP contribution in [0.1, 0.15) is 30.7 Å². The van der Waals surface area contributed by atoms with Gasteiger partial charge in [-0.1, -0.05) is 12.1 Å². The van der Waals surface area contributed by atoms with Gasteiger partial charge in [-0.25, -0.2) is 14.5 Å². The van der Waals surface area contributed by atoms with Crippen molar-refractivity contribution in [1.29, 1.82) is 0 Å². The summed E-state index contributed by atoms with van der Waals surface area (Å²) >= 11 is 0. The monoisotopic (exact) mass is 390 g/mol. The van der Waals surface area contributed by atoms with E-state index < -0.39 is 0 Å². The van der Waals surface area contributed by atoms with Gasteiger partial charge in [0.1, 0.15) is 0 Å². The van der Waals surface area contributed by atoms with Gasteiger partial charge in [-0.3, -0.25) is 9.59 Å². The molecule has 1 saturated heterocycles. The zero-order chi connectivity index (χ0) is 20.0. The Bertz CT molecular complexity index is 1060. The molecule has 1 N–H and O–H groups in total. The van der Waals surface area contributed by atoms with Crippen LogP contribution in [0.2, 0.25) is 0 Å². The zero-order valence-corrected chi connectivity index (χ0v) is 16.3. The first-order valence-corrected chi connectivity index (χ1v) is 9.97. The fraction of sp³-hybridized carbons (Fsp3) is 0.381. The summed E-state index contributed by atoms with van der Waals surface area (Å²) < 4.78 is 1.75. The van der Waals surface area contributed by atoms with Crippen LogP contribution in [-0.2, 0) is 22.4 Å². The van der Waals surface area contributed by atoms with Gasteiger partial charge >= 0.3 is 0 Å². The van der Waals surface area contributed by atoms with Crippen molar-refractivity contribution in [3.8, 4) is 11.3 Å². The third-order valence-electron chi connectivity index (χ3n) is 5.70. The summed E-state index contributed by atoms with van der Waals surface area (Å²) in [5.41, 5.74) is 4.57. The Labute approximate surface area is 168 Å². The van der Waals surface area contributed by atoms with E-state index in [2.05, 4.69) is 20.4 Å². The number of carbonyl (C=O) groups is 2. The number of fused-ring (bicyclic) bond motifs is 2. The predicted octanol–water partition coefficient (Wildman–Crippen LogP) is 2.09. The Morgan fingerprint density at radius 3 is 2.59 bits per heavy atom. The lowest BCUT2D eigenvalue weighted by molar-refractivity contribution is -0.127. The molecule has 8 nitrogen and oxygen atoms in total. The van der Waals surface area contributed by atoms with E-state index >= 15 is 0 Å². The highest BCUT2D eigenvalue weighted by molar-refractivity contribution is 5.97. The largest absolute Gasteiger partial charge is 0.345 e. The molecule has 2 aliphatic rings. The maximum absolute atomic E-state index is 12.4. The van der Waals surface area contributed by atoms with E-state index in [9.17, 15) is 9.59 Å². The molecule has 5 rings (SSSR count). The lowest BCUT2D eigenvalue weighted by Gasteiger charge is -2.12. The molecule has 3 aromatic rings. The van der Waals surface area contributed by atoms with E-state index in [1.54, 1.807) is 16.5 Å². The topological polar surface area (TPSA) is 92.5 Å². The highest BCUT2D eigenvalue weighted by Crippen LogP contribution is 2.24. The fourth-order valence-electron chi connectivity index (χ4n) is 4.01. The third-order valence-corrected chi connectivity index (χ3v) is 5.70. The maximum Gasteiger partial charge on any atom is 0.251 e. The summed E-state index contributed by atoms with van der Waals surface area (Å²) in [6.07, 6.45) is 6.42. The van der Waals surface area contributed by atoms with Crippen LogP contribution >= 0.6 is 0 Å². The molecule has 148 valence electrons. The Morgan fingerprint density at radius 1 is 1.10 bits per heavy atom. The van der Waals surface area contributed by atoms with Gasteiger partial charge in [0.25, 0.3) is 5.78 Å². The van der Waals surface area contributed by atoms with E-state index in [0.29, 0.717) is 18.0 Å². The van der Waals surface area contributed by atoms with Crippen LogP contribution < -0.4 is 5.32 Å². The Hall–Kier alpha value is -3.29. The number of carbonyl (C=O) groups excluding carboxylic acids is 2. The molecule has 8 heteroatoms. The van der Waals surface area contributed by atoms with Crippen molar-refractivity contribution < 1.29 is 9.59 Å². The average molecular weight is 390 g/mol. The van der Waals surface area contributed by atoms with Gasteiger partial charge in [0.05, 0.1) is 29.2 Å². The molecule has 1 aliphatic heterocycles. The van der Waals surface area contributed by atoms with Crippen molar-refractivity contribution in [2.24, 2.45) is 5.92 Å². The number of nitrogens with one attached hydrogen (secondary N) is 1. The summed E-state index contributed by atoms with van der Waals surface area (Å²) in [5, 5.41) is 7.58. The van der Waals surface area contributed by atoms with E-state index in [0.717, 1.165) is 48.3 Å². The molecule has 2 aromatic heterocycles. The summed E-state index contributed by atoms with van der Waals surface area (Å²) in [7, 11) is 1.72. The zero-order valence-electron chi connectivity index (χ0n) is 16.3. The number of nitrogens with zero attached hydrogens (tertiary/aromatic N) is 5. The van der Waals surface area contributed by atoms with Crippen LogP contribution in [0.5, 0.6) is 0 Å². The van der Waals surface area contributed by atoms with E-state index in [4.69, 9.17) is 0 Å². The molecule has 0 radical (unpaired) electrons. The Balaban J connectivity index is 1.33. The Morgan fingerprint density at radius 2 is 1.86 bits per heavy atom. The van der Waals surface area contributed by atoms with Crippen molar-refractivity contribution in [1.82, 2.24) is 24.5 Å². The smallest absolute Gasteiger partial charge is 0.251 e. The number of benzene rings is 1. The maximum atomic E-state index is 12.4. The molecule has 0 spiro atoms. The van der Waals surface area contributed by atoms with Crippen LogP contribution in [0.25, 0.3) is 17.0 Å². The molecule has 29 heavy (non-hydrogen) atoms. The summed E-state index contributed by atoms with van der Waals surface area (Å²) in [5.74, 6) is 0.209. The lowest BCUT2D eigenvalue weighted by atomic mass is 10.0. The molecule has 0 saturated carbocycles. The number of rotatable bonds is 3. The number of hydrogen-bond donors (Lipinski definition) is 1. The van der Waals surface area contributed by atoms with Gasteiger partial charge in [-0.2, -0.15) is 5.10 Å². The summed E-state index contributed by atoms with van der Waals surface area (Å²) in [4.78, 5) is 34.9. The highest BCUT2D eigenvalue weighted by Gasteiger charge is 2.32. The number of aromatic nitrogens is 4. The standard InChI is InChI=1S/C21H22N6O2/c1-26-11-14(10-19(26)28)20(29)22-15-8-6-13(7-9-15)18-12-27-21(24-18)23-16-4-2-3-5-17(16)25-27/h6-9,12,14H,2-5,10-11H2,1H3,(H,22,29)/t14-/m1/s1. The summed E-state index contributed by atoms with van der Waals surface area (Å²) in [6, 6.07) is 7.54. The molecule has 3 heterocycles. The SMILES string of the molecule is CN1C[C@H](C(=O)Nc2ccc(-c3cn4nc5c(nc4n3)CCCC5)cc2)CC1=O. The van der Waals surface area contributed by atoms with Gasteiger partial charge in [0.2, 0.25) is 11.8 Å². The number of hydrogen-bond acceptors (Lipinski definition) is 5. The second kappa shape index (κ2) is 6.95. The first-order chi connectivity index (χ1) is 14.1. The Kier molecular flexibility index (Phi) is 4.26. The van der Waals surface area contributed by atoms with Crippen LogP contribution in [0.4, 0.5) is 5.69 Å². The van der Waals surface area contributed by atoms with Gasteiger partial charge in [-0.05, 0) is 37.8 Å². The minimum Gasteiger partial charge on any atom is -0.345 e. The highest BCUT2D eigenvalue weighted by atomic mass is 16.2. The molecule has 1 aromatic carbocycles. The van der Waals surface area contributed by atoms with Crippen LogP contribution in [0, 0.1) is 5.92 Å². The van der Waals surface area contributed by atoms with Crippen molar-refractivity contribution >= 4 is 23.3 Å². The lowest BCUT2D eigenvalue weighted by Crippen LogP contribution is -2.25. The first-order valence-electron chi connectivity index (χ1n) is 9.97. The molecular weight excluding hydrogens is 368 g/mol. The van der Waals surface area contributed by atoms with E-state index in [1.165, 1.54) is 0 Å². The van der Waals surface area contributed by atoms with Gasteiger partial charge in [0.15, 0.2) is 0 Å². The van der Waals surface area contributed by atoms with Gasteiger partial charge in [0, 0.05) is 31.3 Å². The van der Waals surface area contributed by atoms with Gasteiger partial charge in [-0.15, -0.1) is 0 Å². The number of anilines is 1. The number of imidazole rings is 1. The average Bonchev–Trinajstić information content (AvgIpc) is 3.29. The van der Waals surface area contributed by atoms with Crippen molar-refractivity contribution in [3.63, 3.8) is 0 Å². The second-order valence-corrected chi connectivity index (χ2v) is 7.82. The minimum atomic E-state index is -0.297. The molecule has 1 atom stereocenters. The van der Waals surface area contributed by atoms with E-state index in [1.807, 2.05) is 30.5 Å². The first kappa shape index (κ1) is 17.8. The molecule has 0 bridgehead atoms. The molecule has 1 aliphatic carbocycles. The fourth-order valence-corrected chi connectivity index (χ4v) is 4.01. The second-order valence-electron chi connectivity index (χ2n) is 7.82. The predicted molar refractivity (Wildman–Crippen MR) is 107 cm³/mol. The van der Waals surface area contributed by atoms with Gasteiger partial charge < -0.3 is 10.2 Å². The van der Waals surface area contributed by atoms with E-state index in [-0.39, 0.29) is 24.2 Å². The van der Waals surface area contributed by atoms with Crippen LogP contribution in [0.3, 0.4) is 0 Å². The third kappa shape index (κ3) is 3.35. The normalized spacial score (nSPS) is 18.9. The van der Waals surface area contributed by atoms with Crippen molar-refractivity contribution in [2.45, 2.75) is 32.1 Å². The number of aryl methyl sites for hydroxylation is 2. The minimum absolute atomic E-state index is 0.0104. The summed E-state index contributed by atoms with van der Waals surface area (Å²) in [6.45, 7) is 0.466. The molecule has 1 fully saturated rings.